The monoisotopic (exact) mass is 346 g/mol. The largest absolute Gasteiger partial charge is 0.573 e. The van der Waals surface area contributed by atoms with Crippen LogP contribution in [0.25, 0.3) is 11.3 Å². The van der Waals surface area contributed by atoms with Gasteiger partial charge in [-0.15, -0.1) is 13.2 Å². The highest BCUT2D eigenvalue weighted by Crippen LogP contribution is 2.30. The number of carbonyl (C=O) groups excluding carboxylic acids is 1. The van der Waals surface area contributed by atoms with Gasteiger partial charge >= 0.3 is 12.3 Å². The first-order chi connectivity index (χ1) is 10.7. The lowest BCUT2D eigenvalue weighted by Gasteiger charge is -2.10. The summed E-state index contributed by atoms with van der Waals surface area (Å²) >= 11 is 5.89. The zero-order valence-corrected chi connectivity index (χ0v) is 12.4. The topological polar surface area (TPSA) is 74.4 Å². The van der Waals surface area contributed by atoms with Crippen LogP contribution in [-0.4, -0.2) is 24.4 Å². The zero-order valence-electron chi connectivity index (χ0n) is 11.6. The zero-order chi connectivity index (χ0) is 17.2. The molecule has 0 amide bonds. The summed E-state index contributed by atoms with van der Waals surface area (Å²) in [5.74, 6) is -1.16. The van der Waals surface area contributed by atoms with Crippen LogP contribution in [0.1, 0.15) is 10.5 Å². The van der Waals surface area contributed by atoms with Crippen LogP contribution in [0.4, 0.5) is 18.9 Å². The Labute approximate surface area is 133 Å². The first kappa shape index (κ1) is 16.9. The molecule has 9 heteroatoms. The quantitative estimate of drug-likeness (QED) is 0.858. The van der Waals surface area contributed by atoms with Crippen LogP contribution in [0.2, 0.25) is 5.02 Å². The van der Waals surface area contributed by atoms with Crippen LogP contribution in [-0.2, 0) is 4.74 Å². The van der Waals surface area contributed by atoms with Gasteiger partial charge in [0.2, 0.25) is 0 Å². The van der Waals surface area contributed by atoms with Crippen molar-refractivity contribution in [3.05, 3.63) is 41.0 Å². The summed E-state index contributed by atoms with van der Waals surface area (Å²) in [4.78, 5) is 15.6. The molecule has 1 aromatic carbocycles. The smallest absolute Gasteiger partial charge is 0.464 e. The Kier molecular flexibility index (Phi) is 4.65. The van der Waals surface area contributed by atoms with Gasteiger partial charge in [0, 0.05) is 5.56 Å². The van der Waals surface area contributed by atoms with E-state index in [0.717, 1.165) is 19.2 Å². The van der Waals surface area contributed by atoms with Crippen LogP contribution in [0.5, 0.6) is 5.75 Å². The van der Waals surface area contributed by atoms with Crippen molar-refractivity contribution in [3.8, 4) is 17.0 Å². The van der Waals surface area contributed by atoms with Crippen molar-refractivity contribution in [1.82, 2.24) is 4.98 Å². The first-order valence-corrected chi connectivity index (χ1v) is 6.49. The van der Waals surface area contributed by atoms with Crippen molar-refractivity contribution in [2.45, 2.75) is 6.36 Å². The molecule has 122 valence electrons. The fourth-order valence-corrected chi connectivity index (χ4v) is 1.93. The summed E-state index contributed by atoms with van der Waals surface area (Å²) < 4.78 is 44.7. The lowest BCUT2D eigenvalue weighted by molar-refractivity contribution is -0.274. The highest BCUT2D eigenvalue weighted by molar-refractivity contribution is 6.35. The molecule has 23 heavy (non-hydrogen) atoms. The lowest BCUT2D eigenvalue weighted by Crippen LogP contribution is -2.16. The molecular weight excluding hydrogens is 337 g/mol. The molecule has 0 unspecified atom stereocenters. The minimum atomic E-state index is -4.78. The molecule has 0 fully saturated rings. The fourth-order valence-electron chi connectivity index (χ4n) is 1.76. The number of hydrogen-bond donors (Lipinski definition) is 1. The molecule has 0 spiro atoms. The summed E-state index contributed by atoms with van der Waals surface area (Å²) in [7, 11) is 1.16. The number of halogens is 4. The van der Waals surface area contributed by atoms with Crippen molar-refractivity contribution >= 4 is 23.3 Å². The fraction of sp³-hybridized carbons (Fsp3) is 0.143. The van der Waals surface area contributed by atoms with Gasteiger partial charge in [-0.3, -0.25) is 0 Å². The van der Waals surface area contributed by atoms with Gasteiger partial charge in [0.1, 0.15) is 5.75 Å². The van der Waals surface area contributed by atoms with Crippen LogP contribution < -0.4 is 10.5 Å². The number of alkyl halides is 3. The van der Waals surface area contributed by atoms with Gasteiger partial charge in [-0.25, -0.2) is 9.78 Å². The van der Waals surface area contributed by atoms with E-state index in [4.69, 9.17) is 17.3 Å². The number of esters is 1. The number of nitrogen functional groups attached to an aromatic ring is 1. The van der Waals surface area contributed by atoms with Crippen LogP contribution in [0, 0.1) is 0 Å². The molecule has 1 heterocycles. The Hall–Kier alpha value is -2.48. The molecule has 0 atom stereocenters. The second kappa shape index (κ2) is 6.33. The summed E-state index contributed by atoms with van der Waals surface area (Å²) in [6.07, 6.45) is -4.78. The van der Waals surface area contributed by atoms with Crippen molar-refractivity contribution in [2.24, 2.45) is 0 Å². The normalized spacial score (nSPS) is 11.2. The number of anilines is 1. The maximum atomic E-state index is 12.1. The molecule has 5 nitrogen and oxygen atoms in total. The molecule has 1 aromatic heterocycles. The predicted octanol–water partition coefficient (Wildman–Crippen LogP) is 3.67. The van der Waals surface area contributed by atoms with Gasteiger partial charge in [-0.2, -0.15) is 0 Å². The molecule has 0 saturated carbocycles. The van der Waals surface area contributed by atoms with Gasteiger partial charge in [0.15, 0.2) is 5.69 Å². The number of methoxy groups -OCH3 is 1. The Bertz CT molecular complexity index is 733. The van der Waals surface area contributed by atoms with E-state index < -0.39 is 12.3 Å². The van der Waals surface area contributed by atoms with Crippen molar-refractivity contribution in [1.29, 1.82) is 0 Å². The molecule has 0 aliphatic heterocycles. The standard InChI is InChI=1S/C14H10ClF3N2O3/c1-22-13(21)12-11(15)9(19)6-10(20-12)7-2-4-8(5-3-7)23-14(16,17)18/h2-6H,1H3,(H2,19,20). The summed E-state index contributed by atoms with van der Waals surface area (Å²) in [6.45, 7) is 0. The number of nitrogens with zero attached hydrogens (tertiary/aromatic N) is 1. The van der Waals surface area contributed by atoms with Crippen molar-refractivity contribution < 1.29 is 27.4 Å². The predicted molar refractivity (Wildman–Crippen MR) is 77.1 cm³/mol. The van der Waals surface area contributed by atoms with Crippen LogP contribution >= 0.6 is 11.6 Å². The third-order valence-electron chi connectivity index (χ3n) is 2.75. The third kappa shape index (κ3) is 4.04. The summed E-state index contributed by atoms with van der Waals surface area (Å²) in [5.41, 5.74) is 6.30. The average molecular weight is 347 g/mol. The van der Waals surface area contributed by atoms with Gasteiger partial charge in [-0.05, 0) is 30.3 Å². The van der Waals surface area contributed by atoms with Crippen molar-refractivity contribution in [3.63, 3.8) is 0 Å². The van der Waals surface area contributed by atoms with Crippen LogP contribution in [0.15, 0.2) is 30.3 Å². The second-order valence-corrected chi connectivity index (χ2v) is 4.70. The number of ether oxygens (including phenoxy) is 2. The number of aromatic nitrogens is 1. The van der Waals surface area contributed by atoms with Gasteiger partial charge in [-0.1, -0.05) is 11.6 Å². The number of benzene rings is 1. The highest BCUT2D eigenvalue weighted by atomic mass is 35.5. The average Bonchev–Trinajstić information content (AvgIpc) is 2.48. The lowest BCUT2D eigenvalue weighted by atomic mass is 10.1. The Morgan fingerprint density at radius 1 is 1.26 bits per heavy atom. The molecule has 0 aliphatic rings. The van der Waals surface area contributed by atoms with Crippen molar-refractivity contribution in [2.75, 3.05) is 12.8 Å². The molecule has 0 aliphatic carbocycles. The number of rotatable bonds is 3. The number of carbonyl (C=O) groups is 1. The third-order valence-corrected chi connectivity index (χ3v) is 3.15. The first-order valence-electron chi connectivity index (χ1n) is 6.12. The van der Waals surface area contributed by atoms with E-state index in [-0.39, 0.29) is 27.8 Å². The molecule has 2 rings (SSSR count). The molecule has 2 N–H and O–H groups in total. The Morgan fingerprint density at radius 2 is 1.87 bits per heavy atom. The van der Waals surface area contributed by atoms with E-state index >= 15 is 0 Å². The molecule has 0 bridgehead atoms. The maximum absolute atomic E-state index is 12.1. The number of pyridine rings is 1. The van der Waals surface area contributed by atoms with Gasteiger partial charge in [0.05, 0.1) is 23.5 Å². The van der Waals surface area contributed by atoms with E-state index in [1.807, 2.05) is 0 Å². The van der Waals surface area contributed by atoms with Gasteiger partial charge < -0.3 is 15.2 Å². The SMILES string of the molecule is COC(=O)c1nc(-c2ccc(OC(F)(F)F)cc2)cc(N)c1Cl. The van der Waals surface area contributed by atoms with Crippen LogP contribution in [0.3, 0.4) is 0 Å². The number of nitrogens with two attached hydrogens (primary N) is 1. The Balaban J connectivity index is 2.39. The Morgan fingerprint density at radius 3 is 2.39 bits per heavy atom. The summed E-state index contributed by atoms with van der Waals surface area (Å²) in [6, 6.07) is 6.32. The second-order valence-electron chi connectivity index (χ2n) is 4.32. The minimum absolute atomic E-state index is 0.0578. The molecule has 0 saturated heterocycles. The highest BCUT2D eigenvalue weighted by Gasteiger charge is 2.31. The minimum Gasteiger partial charge on any atom is -0.464 e. The van der Waals surface area contributed by atoms with E-state index in [1.54, 1.807) is 0 Å². The molecule has 0 radical (unpaired) electrons. The summed E-state index contributed by atoms with van der Waals surface area (Å²) in [5, 5.41) is -0.0578. The van der Waals surface area contributed by atoms with E-state index in [9.17, 15) is 18.0 Å². The van der Waals surface area contributed by atoms with E-state index in [0.29, 0.717) is 5.56 Å². The molecular formula is C14H10ClF3N2O3. The van der Waals surface area contributed by atoms with E-state index in [2.05, 4.69) is 14.5 Å². The number of hydrogen-bond acceptors (Lipinski definition) is 5. The van der Waals surface area contributed by atoms with E-state index in [1.165, 1.54) is 18.2 Å². The molecule has 2 aromatic rings. The maximum Gasteiger partial charge on any atom is 0.573 e. The van der Waals surface area contributed by atoms with Gasteiger partial charge in [0.25, 0.3) is 0 Å².